The lowest BCUT2D eigenvalue weighted by molar-refractivity contribution is 0.0682. The molecule has 0 atom stereocenters. The van der Waals surface area contributed by atoms with E-state index >= 15 is 0 Å². The van der Waals surface area contributed by atoms with Gasteiger partial charge in [0.2, 0.25) is 0 Å². The molecule has 2 aromatic rings. The Labute approximate surface area is 234 Å². The summed E-state index contributed by atoms with van der Waals surface area (Å²) >= 11 is 0. The van der Waals surface area contributed by atoms with Gasteiger partial charge in [-0.25, -0.2) is 18.6 Å². The number of rotatable bonds is 11. The lowest BCUT2D eigenvalue weighted by Crippen LogP contribution is -2.52. The molecule has 2 amide bonds. The minimum absolute atomic E-state index is 0.0148. The molecule has 40 heavy (non-hydrogen) atoms. The van der Waals surface area contributed by atoms with E-state index in [0.29, 0.717) is 44.6 Å². The van der Waals surface area contributed by atoms with Crippen molar-refractivity contribution in [3.63, 3.8) is 0 Å². The first-order valence-corrected chi connectivity index (χ1v) is 17.4. The van der Waals surface area contributed by atoms with Crippen molar-refractivity contribution in [2.75, 3.05) is 37.8 Å². The number of nitriles is 1. The Hall–Kier alpha value is -3.24. The Bertz CT molecular complexity index is 1250. The molecule has 1 fully saturated rings. The second-order valence-corrected chi connectivity index (χ2v) is 17.5. The molecule has 2 aromatic heterocycles. The molecule has 1 N–H and O–H groups in total. The third-order valence-corrected chi connectivity index (χ3v) is 9.45. The average molecular weight is 577 g/mol. The lowest BCUT2D eigenvalue weighted by Gasteiger charge is -2.44. The highest BCUT2D eigenvalue weighted by Crippen LogP contribution is 2.39. The molecule has 0 spiro atoms. The summed E-state index contributed by atoms with van der Waals surface area (Å²) in [6, 6.07) is 5.12. The molecular formula is C27H38F2N6O4Si. The molecule has 3 heterocycles. The highest BCUT2D eigenvalue weighted by molar-refractivity contribution is 6.76. The molecule has 13 heteroatoms. The van der Waals surface area contributed by atoms with Crippen LogP contribution in [0.15, 0.2) is 18.5 Å². The Morgan fingerprint density at radius 3 is 2.65 bits per heavy atom. The van der Waals surface area contributed by atoms with Gasteiger partial charge in [-0.2, -0.15) is 5.26 Å². The van der Waals surface area contributed by atoms with Crippen LogP contribution in [-0.4, -0.2) is 89.9 Å². The largest absolute Gasteiger partial charge is 0.465 e. The molecule has 0 aromatic carbocycles. The molecule has 2 aliphatic rings. The molecule has 0 unspecified atom stereocenters. The molecule has 10 nitrogen and oxygen atoms in total. The van der Waals surface area contributed by atoms with Gasteiger partial charge in [0.15, 0.2) is 0 Å². The quantitative estimate of drug-likeness (QED) is 0.230. The Balaban J connectivity index is 1.54. The third kappa shape index (κ3) is 6.90. The van der Waals surface area contributed by atoms with Crippen molar-refractivity contribution in [2.45, 2.75) is 70.6 Å². The van der Waals surface area contributed by atoms with Crippen molar-refractivity contribution in [1.82, 2.24) is 19.4 Å². The monoisotopic (exact) mass is 576 g/mol. The first-order valence-electron chi connectivity index (χ1n) is 13.7. The summed E-state index contributed by atoms with van der Waals surface area (Å²) in [5.41, 5.74) is 1.96. The van der Waals surface area contributed by atoms with Crippen LogP contribution in [0, 0.1) is 17.2 Å². The maximum Gasteiger partial charge on any atom is 0.407 e. The van der Waals surface area contributed by atoms with Crippen LogP contribution < -0.4 is 4.90 Å². The number of nitrogens with zero attached hydrogens (tertiary/aromatic N) is 6. The van der Waals surface area contributed by atoms with Crippen LogP contribution in [0.2, 0.25) is 25.7 Å². The predicted molar refractivity (Wildman–Crippen MR) is 149 cm³/mol. The predicted octanol–water partition coefficient (Wildman–Crippen LogP) is 4.90. The zero-order chi connectivity index (χ0) is 29.0. The Kier molecular flexibility index (Phi) is 9.30. The van der Waals surface area contributed by atoms with Crippen LogP contribution >= 0.6 is 0 Å². The molecule has 0 bridgehead atoms. The topological polar surface area (TPSA) is 115 Å². The molecule has 1 saturated carbocycles. The van der Waals surface area contributed by atoms with Crippen molar-refractivity contribution in [2.24, 2.45) is 5.92 Å². The summed E-state index contributed by atoms with van der Waals surface area (Å²) in [4.78, 5) is 33.8. The van der Waals surface area contributed by atoms with Gasteiger partial charge in [0.1, 0.15) is 18.9 Å². The number of anilines is 1. The molecule has 4 rings (SSSR count). The summed E-state index contributed by atoms with van der Waals surface area (Å²) in [6.07, 6.45) is 2.23. The summed E-state index contributed by atoms with van der Waals surface area (Å²) in [7, 11) is -1.22. The molecule has 0 saturated heterocycles. The molecular weight excluding hydrogens is 538 g/mol. The van der Waals surface area contributed by atoms with Gasteiger partial charge in [0.05, 0.1) is 30.5 Å². The van der Waals surface area contributed by atoms with E-state index in [9.17, 15) is 28.7 Å². The van der Waals surface area contributed by atoms with Crippen LogP contribution in [0.4, 0.5) is 19.3 Å². The Morgan fingerprint density at radius 1 is 1.30 bits per heavy atom. The average Bonchev–Trinajstić information content (AvgIpc) is 3.30. The lowest BCUT2D eigenvalue weighted by atomic mass is 9.84. The van der Waals surface area contributed by atoms with Gasteiger partial charge in [0, 0.05) is 45.0 Å². The SMILES string of the molecule is C[Si](C)(C)CCOCn1ccc2c3c(cnc21)C(=O)N(CC#N)CN3[C@H]1CC[C@H](CN(CC(F)F)C(=O)O)CC1. The smallest absolute Gasteiger partial charge is 0.407 e. The minimum Gasteiger partial charge on any atom is -0.465 e. The van der Waals surface area contributed by atoms with Crippen LogP contribution in [0.5, 0.6) is 0 Å². The summed E-state index contributed by atoms with van der Waals surface area (Å²) in [6.45, 7) is 7.45. The van der Waals surface area contributed by atoms with Gasteiger partial charge in [-0.3, -0.25) is 4.79 Å². The van der Waals surface area contributed by atoms with Crippen LogP contribution in [0.25, 0.3) is 11.0 Å². The van der Waals surface area contributed by atoms with E-state index in [0.717, 1.165) is 27.7 Å². The highest BCUT2D eigenvalue weighted by atomic mass is 28.3. The number of hydrogen-bond acceptors (Lipinski definition) is 6. The van der Waals surface area contributed by atoms with E-state index in [1.54, 1.807) is 6.20 Å². The van der Waals surface area contributed by atoms with Crippen molar-refractivity contribution in [1.29, 1.82) is 5.26 Å². The van der Waals surface area contributed by atoms with Crippen molar-refractivity contribution in [3.05, 3.63) is 24.0 Å². The van der Waals surface area contributed by atoms with Crippen molar-refractivity contribution in [3.8, 4) is 6.07 Å². The van der Waals surface area contributed by atoms with Gasteiger partial charge < -0.3 is 29.1 Å². The van der Waals surface area contributed by atoms with Crippen LogP contribution in [0.1, 0.15) is 36.0 Å². The normalized spacial score (nSPS) is 19.7. The molecule has 0 radical (unpaired) electrons. The third-order valence-electron chi connectivity index (χ3n) is 7.74. The number of carbonyl (C=O) groups excluding carboxylic acids is 1. The Morgan fingerprint density at radius 2 is 2.02 bits per heavy atom. The van der Waals surface area contributed by atoms with E-state index in [-0.39, 0.29) is 37.6 Å². The second kappa shape index (κ2) is 12.5. The van der Waals surface area contributed by atoms with Gasteiger partial charge in [-0.15, -0.1) is 0 Å². The standard InChI is InChI=1S/C27H38F2N6O4Si/c1-40(2,3)13-12-39-18-33-10-8-21-24-22(14-31-25(21)33)26(36)32(11-9-30)17-35(24)20-6-4-19(5-7-20)15-34(27(37)38)16-23(28)29/h8,10,14,19-20,23H,4-7,11-13,15-18H2,1-3H3,(H,37,38)/t19-,20-. The maximum atomic E-state index is 13.3. The number of pyridine rings is 1. The fourth-order valence-corrected chi connectivity index (χ4v) is 6.34. The highest BCUT2D eigenvalue weighted by Gasteiger charge is 2.37. The van der Waals surface area contributed by atoms with E-state index < -0.39 is 27.1 Å². The van der Waals surface area contributed by atoms with E-state index in [1.807, 2.05) is 16.8 Å². The first kappa shape index (κ1) is 29.7. The van der Waals surface area contributed by atoms with E-state index in [4.69, 9.17) is 4.74 Å². The number of fused-ring (bicyclic) bond motifs is 3. The van der Waals surface area contributed by atoms with Gasteiger partial charge in [-0.05, 0) is 43.7 Å². The van der Waals surface area contributed by atoms with Gasteiger partial charge in [0.25, 0.3) is 12.3 Å². The molecule has 218 valence electrons. The number of hydrogen-bond donors (Lipinski definition) is 1. The second-order valence-electron chi connectivity index (χ2n) is 11.9. The minimum atomic E-state index is -2.71. The van der Waals surface area contributed by atoms with Gasteiger partial charge >= 0.3 is 6.09 Å². The number of halogens is 2. The molecule has 1 aliphatic carbocycles. The van der Waals surface area contributed by atoms with E-state index in [2.05, 4.69) is 35.6 Å². The number of carbonyl (C=O) groups is 2. The molecule has 1 aliphatic heterocycles. The summed E-state index contributed by atoms with van der Waals surface area (Å²) < 4.78 is 33.6. The van der Waals surface area contributed by atoms with E-state index in [1.165, 1.54) is 4.90 Å². The van der Waals surface area contributed by atoms with Crippen LogP contribution in [-0.2, 0) is 11.5 Å². The summed E-state index contributed by atoms with van der Waals surface area (Å²) in [5, 5.41) is 19.5. The number of alkyl halides is 2. The number of ether oxygens (including phenoxy) is 1. The van der Waals surface area contributed by atoms with Crippen LogP contribution in [0.3, 0.4) is 0 Å². The number of carboxylic acid groups (broad SMARTS) is 1. The fourth-order valence-electron chi connectivity index (χ4n) is 5.58. The van der Waals surface area contributed by atoms with Crippen molar-refractivity contribution < 1.29 is 28.2 Å². The zero-order valence-electron chi connectivity index (χ0n) is 23.4. The maximum absolute atomic E-state index is 13.3. The van der Waals surface area contributed by atoms with Gasteiger partial charge in [-0.1, -0.05) is 19.6 Å². The number of aromatic nitrogens is 2. The van der Waals surface area contributed by atoms with Crippen molar-refractivity contribution >= 4 is 36.8 Å². The fraction of sp³-hybridized carbons (Fsp3) is 0.630. The first-order chi connectivity index (χ1) is 19.0. The zero-order valence-corrected chi connectivity index (χ0v) is 24.4. The number of amides is 2. The summed E-state index contributed by atoms with van der Waals surface area (Å²) in [5.74, 6) is -0.252.